The Bertz CT molecular complexity index is 566. The molecule has 0 fully saturated rings. The normalized spacial score (nSPS) is 10.9. The third-order valence-corrected chi connectivity index (χ3v) is 3.48. The number of aromatic nitrogens is 1. The molecular weight excluding hydrogens is 270 g/mol. The zero-order chi connectivity index (χ0) is 14.2. The highest BCUT2D eigenvalue weighted by molar-refractivity contribution is 7.13. The van der Waals surface area contributed by atoms with Crippen molar-refractivity contribution < 1.29 is 4.74 Å². The zero-order valence-electron chi connectivity index (χ0n) is 11.8. The number of nitrogens with one attached hydrogen (secondary N) is 1. The topological polar surface area (TPSA) is 46.5 Å². The Labute approximate surface area is 123 Å². The zero-order valence-corrected chi connectivity index (χ0v) is 12.6. The lowest BCUT2D eigenvalue weighted by molar-refractivity contribution is 0.309. The number of nitrogens with zero attached hydrogens (tertiary/aromatic N) is 2. The highest BCUT2D eigenvalue weighted by Gasteiger charge is 1.96. The van der Waals surface area contributed by atoms with Gasteiger partial charge >= 0.3 is 0 Å². The second-order valence-corrected chi connectivity index (χ2v) is 5.30. The van der Waals surface area contributed by atoms with Crippen LogP contribution in [0.4, 0.5) is 5.13 Å². The number of benzene rings is 1. The van der Waals surface area contributed by atoms with Crippen LogP contribution in [0.15, 0.2) is 34.7 Å². The first-order valence-electron chi connectivity index (χ1n) is 6.72. The second kappa shape index (κ2) is 7.65. The summed E-state index contributed by atoms with van der Waals surface area (Å²) in [5, 5.41) is 6.97. The molecule has 0 unspecified atom stereocenters. The van der Waals surface area contributed by atoms with Crippen molar-refractivity contribution in [2.45, 2.75) is 26.7 Å². The SMILES string of the molecule is CCCCOc1cccc(C=NNc2nc(C)cs2)c1. The van der Waals surface area contributed by atoms with Crippen molar-refractivity contribution in [1.29, 1.82) is 0 Å². The van der Waals surface area contributed by atoms with Gasteiger partial charge in [-0.25, -0.2) is 4.98 Å². The molecule has 0 aliphatic carbocycles. The molecule has 0 aliphatic heterocycles. The molecule has 0 saturated carbocycles. The number of unbranched alkanes of at least 4 members (excludes halogenated alkanes) is 1. The minimum atomic E-state index is 0.758. The van der Waals surface area contributed by atoms with Crippen molar-refractivity contribution in [2.75, 3.05) is 12.0 Å². The van der Waals surface area contributed by atoms with E-state index >= 15 is 0 Å². The van der Waals surface area contributed by atoms with Gasteiger partial charge in [0.2, 0.25) is 5.13 Å². The highest BCUT2D eigenvalue weighted by Crippen LogP contribution is 2.15. The van der Waals surface area contributed by atoms with Gasteiger partial charge in [-0.05, 0) is 31.0 Å². The maximum atomic E-state index is 5.66. The van der Waals surface area contributed by atoms with Gasteiger partial charge in [0.25, 0.3) is 0 Å². The molecule has 20 heavy (non-hydrogen) atoms. The van der Waals surface area contributed by atoms with Gasteiger partial charge < -0.3 is 4.74 Å². The highest BCUT2D eigenvalue weighted by atomic mass is 32.1. The predicted octanol–water partition coefficient (Wildman–Crippen LogP) is 4.08. The van der Waals surface area contributed by atoms with E-state index < -0.39 is 0 Å². The number of aryl methyl sites for hydroxylation is 1. The van der Waals surface area contributed by atoms with Gasteiger partial charge in [0.1, 0.15) is 5.75 Å². The van der Waals surface area contributed by atoms with Crippen LogP contribution in [0.25, 0.3) is 0 Å². The molecule has 0 bridgehead atoms. The monoisotopic (exact) mass is 289 g/mol. The fourth-order valence-electron chi connectivity index (χ4n) is 1.59. The van der Waals surface area contributed by atoms with Crippen molar-refractivity contribution in [3.8, 4) is 5.75 Å². The average Bonchev–Trinajstić information content (AvgIpc) is 2.85. The third kappa shape index (κ3) is 4.66. The van der Waals surface area contributed by atoms with Gasteiger partial charge in [0.05, 0.1) is 18.5 Å². The molecule has 1 aromatic carbocycles. The van der Waals surface area contributed by atoms with E-state index in [0.717, 1.165) is 41.6 Å². The van der Waals surface area contributed by atoms with Gasteiger partial charge in [-0.15, -0.1) is 11.3 Å². The van der Waals surface area contributed by atoms with E-state index in [2.05, 4.69) is 22.4 Å². The molecule has 0 spiro atoms. The minimum absolute atomic E-state index is 0.758. The van der Waals surface area contributed by atoms with E-state index in [1.54, 1.807) is 17.6 Å². The van der Waals surface area contributed by atoms with Gasteiger partial charge in [0.15, 0.2) is 0 Å². The van der Waals surface area contributed by atoms with Gasteiger partial charge in [-0.1, -0.05) is 25.5 Å². The predicted molar refractivity (Wildman–Crippen MR) is 84.9 cm³/mol. The van der Waals surface area contributed by atoms with Gasteiger partial charge in [-0.2, -0.15) is 5.10 Å². The lowest BCUT2D eigenvalue weighted by Crippen LogP contribution is -1.97. The van der Waals surface area contributed by atoms with Crippen LogP contribution >= 0.6 is 11.3 Å². The number of thiazole rings is 1. The molecule has 106 valence electrons. The Morgan fingerprint density at radius 1 is 1.45 bits per heavy atom. The van der Waals surface area contributed by atoms with Crippen LogP contribution in [0.5, 0.6) is 5.75 Å². The molecule has 0 radical (unpaired) electrons. The second-order valence-electron chi connectivity index (χ2n) is 4.44. The summed E-state index contributed by atoms with van der Waals surface area (Å²) in [6.45, 7) is 4.87. The van der Waals surface area contributed by atoms with Crippen LogP contribution in [0, 0.1) is 6.92 Å². The lowest BCUT2D eigenvalue weighted by atomic mass is 10.2. The van der Waals surface area contributed by atoms with Crippen molar-refractivity contribution >= 4 is 22.7 Å². The Kier molecular flexibility index (Phi) is 5.55. The first-order valence-corrected chi connectivity index (χ1v) is 7.60. The first-order chi connectivity index (χ1) is 9.78. The standard InChI is InChI=1S/C15H19N3OS/c1-3-4-8-19-14-7-5-6-13(9-14)10-16-18-15-17-12(2)11-20-15/h5-7,9-11H,3-4,8H2,1-2H3,(H,17,18). The van der Waals surface area contributed by atoms with Crippen LogP contribution in [-0.2, 0) is 0 Å². The number of ether oxygens (including phenoxy) is 1. The van der Waals surface area contributed by atoms with Gasteiger partial charge in [0, 0.05) is 5.38 Å². The molecule has 0 atom stereocenters. The molecule has 2 rings (SSSR count). The smallest absolute Gasteiger partial charge is 0.203 e. The van der Waals surface area contributed by atoms with Crippen molar-refractivity contribution in [3.63, 3.8) is 0 Å². The lowest BCUT2D eigenvalue weighted by Gasteiger charge is -2.05. The number of rotatable bonds is 7. The Hall–Kier alpha value is -1.88. The molecule has 0 aliphatic rings. The summed E-state index contributed by atoms with van der Waals surface area (Å²) in [6.07, 6.45) is 3.98. The van der Waals surface area contributed by atoms with Crippen molar-refractivity contribution in [3.05, 3.63) is 40.9 Å². The molecule has 1 heterocycles. The molecular formula is C15H19N3OS. The fraction of sp³-hybridized carbons (Fsp3) is 0.333. The van der Waals surface area contributed by atoms with E-state index in [9.17, 15) is 0 Å². The third-order valence-electron chi connectivity index (χ3n) is 2.62. The van der Waals surface area contributed by atoms with Crippen LogP contribution in [0.3, 0.4) is 0 Å². The molecule has 0 amide bonds. The summed E-state index contributed by atoms with van der Waals surface area (Å²) < 4.78 is 5.66. The summed E-state index contributed by atoms with van der Waals surface area (Å²) in [4.78, 5) is 4.28. The van der Waals surface area contributed by atoms with E-state index in [1.165, 1.54) is 0 Å². The van der Waals surface area contributed by atoms with Crippen LogP contribution in [0.1, 0.15) is 31.0 Å². The maximum absolute atomic E-state index is 5.66. The summed E-state index contributed by atoms with van der Waals surface area (Å²) in [6, 6.07) is 7.90. The van der Waals surface area contributed by atoms with Crippen LogP contribution in [0.2, 0.25) is 0 Å². The molecule has 5 heteroatoms. The fourth-order valence-corrected chi connectivity index (χ4v) is 2.22. The Morgan fingerprint density at radius 3 is 3.10 bits per heavy atom. The summed E-state index contributed by atoms with van der Waals surface area (Å²) in [5.74, 6) is 0.882. The number of hydrazone groups is 1. The van der Waals surface area contributed by atoms with Crippen LogP contribution in [-0.4, -0.2) is 17.8 Å². The minimum Gasteiger partial charge on any atom is -0.494 e. The van der Waals surface area contributed by atoms with Crippen LogP contribution < -0.4 is 10.2 Å². The quantitative estimate of drug-likeness (QED) is 0.474. The summed E-state index contributed by atoms with van der Waals surface area (Å²) in [7, 11) is 0. The molecule has 4 nitrogen and oxygen atoms in total. The number of anilines is 1. The van der Waals surface area contributed by atoms with Gasteiger partial charge in [-0.3, -0.25) is 5.43 Å². The Morgan fingerprint density at radius 2 is 2.35 bits per heavy atom. The first kappa shape index (κ1) is 14.5. The Balaban J connectivity index is 1.90. The van der Waals surface area contributed by atoms with E-state index in [1.807, 2.05) is 36.6 Å². The number of hydrogen-bond donors (Lipinski definition) is 1. The number of hydrogen-bond acceptors (Lipinski definition) is 5. The summed E-state index contributed by atoms with van der Waals surface area (Å²) in [5.41, 5.74) is 4.92. The molecule has 0 saturated heterocycles. The van der Waals surface area contributed by atoms with Crippen molar-refractivity contribution in [2.24, 2.45) is 5.10 Å². The maximum Gasteiger partial charge on any atom is 0.203 e. The molecule has 1 aromatic heterocycles. The summed E-state index contributed by atoms with van der Waals surface area (Å²) >= 11 is 1.54. The molecule has 2 aromatic rings. The van der Waals surface area contributed by atoms with E-state index in [0.29, 0.717) is 0 Å². The molecule has 1 N–H and O–H groups in total. The van der Waals surface area contributed by atoms with E-state index in [4.69, 9.17) is 4.74 Å². The largest absolute Gasteiger partial charge is 0.494 e. The average molecular weight is 289 g/mol. The van der Waals surface area contributed by atoms with Crippen molar-refractivity contribution in [1.82, 2.24) is 4.98 Å². The van der Waals surface area contributed by atoms with E-state index in [-0.39, 0.29) is 0 Å².